The van der Waals surface area contributed by atoms with Crippen LogP contribution in [-0.4, -0.2) is 71.0 Å². The number of ether oxygens (including phenoxy) is 1. The Kier molecular flexibility index (Phi) is 6.23. The Hall–Kier alpha value is -1.97. The van der Waals surface area contributed by atoms with Gasteiger partial charge in [-0.3, -0.25) is 9.69 Å². The van der Waals surface area contributed by atoms with Crippen LogP contribution in [0.5, 0.6) is 0 Å². The van der Waals surface area contributed by atoms with Crippen LogP contribution in [0.4, 0.5) is 11.8 Å². The van der Waals surface area contributed by atoms with Crippen LogP contribution in [0.1, 0.15) is 42.5 Å². The molecule has 144 valence electrons. The largest absolute Gasteiger partial charge is 0.393 e. The van der Waals surface area contributed by atoms with E-state index >= 15 is 0 Å². The van der Waals surface area contributed by atoms with Crippen molar-refractivity contribution in [1.29, 1.82) is 0 Å². The van der Waals surface area contributed by atoms with Crippen molar-refractivity contribution in [3.8, 4) is 0 Å². The highest BCUT2D eigenvalue weighted by Crippen LogP contribution is 2.24. The molecule has 1 saturated carbocycles. The van der Waals surface area contributed by atoms with E-state index in [2.05, 4.69) is 25.5 Å². The molecule has 9 heteroatoms. The number of carbonyl (C=O) groups excluding carboxylic acids is 1. The number of nitrogens with two attached hydrogens (primary N) is 1. The lowest BCUT2D eigenvalue weighted by molar-refractivity contribution is 0.0485. The highest BCUT2D eigenvalue weighted by molar-refractivity contribution is 5.97. The maximum Gasteiger partial charge on any atom is 0.254 e. The van der Waals surface area contributed by atoms with Crippen molar-refractivity contribution in [3.05, 3.63) is 11.8 Å². The Morgan fingerprint density at radius 3 is 2.69 bits per heavy atom. The van der Waals surface area contributed by atoms with Crippen LogP contribution in [0.15, 0.2) is 6.20 Å². The number of methoxy groups -OCH3 is 1. The van der Waals surface area contributed by atoms with E-state index in [0.29, 0.717) is 24.9 Å². The molecule has 9 nitrogen and oxygen atoms in total. The molecule has 2 fully saturated rings. The summed E-state index contributed by atoms with van der Waals surface area (Å²) in [4.78, 5) is 22.7. The summed E-state index contributed by atoms with van der Waals surface area (Å²) >= 11 is 0. The fraction of sp³-hybridized carbons (Fsp3) is 0.706. The molecule has 0 aromatic carbocycles. The van der Waals surface area contributed by atoms with Crippen molar-refractivity contribution in [1.82, 2.24) is 14.9 Å². The Bertz CT molecular complexity index is 621. The first-order chi connectivity index (χ1) is 12.5. The number of piperidine rings is 1. The SMILES string of the molecule is COCN1CCC(Nc2ncc(C(N)=O)c(N[C@H]3CC[C@@H](O)C3)n2)CC1. The molecule has 1 amide bonds. The van der Waals surface area contributed by atoms with Gasteiger partial charge in [-0.15, -0.1) is 0 Å². The van der Waals surface area contributed by atoms with Gasteiger partial charge in [0.05, 0.1) is 18.4 Å². The first kappa shape index (κ1) is 18.8. The molecule has 2 aliphatic rings. The van der Waals surface area contributed by atoms with Gasteiger partial charge in [0, 0.05) is 38.5 Å². The third-order valence-electron chi connectivity index (χ3n) is 5.03. The molecule has 0 bridgehead atoms. The first-order valence-corrected chi connectivity index (χ1v) is 9.14. The zero-order valence-corrected chi connectivity index (χ0v) is 15.1. The van der Waals surface area contributed by atoms with Crippen molar-refractivity contribution >= 4 is 17.7 Å². The lowest BCUT2D eigenvalue weighted by Crippen LogP contribution is -2.40. The van der Waals surface area contributed by atoms with E-state index < -0.39 is 5.91 Å². The Morgan fingerprint density at radius 2 is 2.08 bits per heavy atom. The minimum Gasteiger partial charge on any atom is -0.393 e. The lowest BCUT2D eigenvalue weighted by atomic mass is 10.1. The summed E-state index contributed by atoms with van der Waals surface area (Å²) in [5.74, 6) is 0.359. The van der Waals surface area contributed by atoms with Gasteiger partial charge >= 0.3 is 0 Å². The van der Waals surface area contributed by atoms with Crippen LogP contribution in [-0.2, 0) is 4.74 Å². The summed E-state index contributed by atoms with van der Waals surface area (Å²) in [5, 5.41) is 16.3. The van der Waals surface area contributed by atoms with Crippen molar-refractivity contribution in [2.75, 3.05) is 37.6 Å². The number of rotatable bonds is 7. The van der Waals surface area contributed by atoms with Crippen LogP contribution in [0.2, 0.25) is 0 Å². The van der Waals surface area contributed by atoms with Gasteiger partial charge in [-0.25, -0.2) is 4.98 Å². The zero-order chi connectivity index (χ0) is 18.5. The van der Waals surface area contributed by atoms with Gasteiger partial charge in [-0.1, -0.05) is 0 Å². The van der Waals surface area contributed by atoms with E-state index in [0.717, 1.165) is 38.8 Å². The number of aliphatic hydroxyl groups is 1. The highest BCUT2D eigenvalue weighted by Gasteiger charge is 2.25. The van der Waals surface area contributed by atoms with Crippen LogP contribution in [0.25, 0.3) is 0 Å². The van der Waals surface area contributed by atoms with Crippen LogP contribution in [0.3, 0.4) is 0 Å². The number of anilines is 2. The number of nitrogens with zero attached hydrogens (tertiary/aromatic N) is 3. The third-order valence-corrected chi connectivity index (χ3v) is 5.03. The number of aliphatic hydroxyl groups excluding tert-OH is 1. The van der Waals surface area contributed by atoms with Gasteiger partial charge < -0.3 is 26.2 Å². The number of carbonyl (C=O) groups is 1. The third kappa shape index (κ3) is 4.80. The molecule has 1 aliphatic heterocycles. The summed E-state index contributed by atoms with van der Waals surface area (Å²) in [5.41, 5.74) is 5.72. The molecule has 0 unspecified atom stereocenters. The molecule has 1 saturated heterocycles. The molecule has 1 aliphatic carbocycles. The van der Waals surface area contributed by atoms with Gasteiger partial charge in [0.1, 0.15) is 5.82 Å². The Morgan fingerprint density at radius 1 is 1.31 bits per heavy atom. The molecule has 0 radical (unpaired) electrons. The van der Waals surface area contributed by atoms with E-state index in [9.17, 15) is 9.90 Å². The number of likely N-dealkylation sites (tertiary alicyclic amines) is 1. The van der Waals surface area contributed by atoms with Crippen LogP contribution < -0.4 is 16.4 Å². The molecule has 5 N–H and O–H groups in total. The number of nitrogens with one attached hydrogen (secondary N) is 2. The average Bonchev–Trinajstić information content (AvgIpc) is 3.02. The summed E-state index contributed by atoms with van der Waals surface area (Å²) in [7, 11) is 1.70. The maximum atomic E-state index is 11.7. The molecule has 1 aromatic rings. The normalized spacial score (nSPS) is 24.5. The number of primary amides is 1. The summed E-state index contributed by atoms with van der Waals surface area (Å²) in [6.45, 7) is 2.56. The number of hydrogen-bond donors (Lipinski definition) is 4. The van der Waals surface area contributed by atoms with Gasteiger partial charge in [-0.05, 0) is 32.1 Å². The topological polar surface area (TPSA) is 126 Å². The van der Waals surface area contributed by atoms with Crippen molar-refractivity contribution in [2.24, 2.45) is 5.73 Å². The standard InChI is InChI=1S/C17H28N6O3/c1-26-10-23-6-4-11(5-7-23)21-17-19-9-14(15(18)25)16(22-17)20-12-2-3-13(24)8-12/h9,11-13,24H,2-8,10H2,1H3,(H2,18,25)(H2,19,20,21,22)/t12-,13+/m0/s1. The van der Waals surface area contributed by atoms with Crippen molar-refractivity contribution in [2.45, 2.75) is 50.3 Å². The predicted octanol–water partition coefficient (Wildman–Crippen LogP) is 0.381. The molecule has 26 heavy (non-hydrogen) atoms. The van der Waals surface area contributed by atoms with Gasteiger partial charge in [0.15, 0.2) is 0 Å². The van der Waals surface area contributed by atoms with Crippen LogP contribution >= 0.6 is 0 Å². The average molecular weight is 364 g/mol. The molecule has 0 spiro atoms. The van der Waals surface area contributed by atoms with Gasteiger partial charge in [0.25, 0.3) is 5.91 Å². The van der Waals surface area contributed by atoms with Crippen LogP contribution in [0, 0.1) is 0 Å². The quantitative estimate of drug-likeness (QED) is 0.547. The van der Waals surface area contributed by atoms with E-state index in [4.69, 9.17) is 10.5 Å². The van der Waals surface area contributed by atoms with E-state index in [1.165, 1.54) is 6.20 Å². The monoisotopic (exact) mass is 364 g/mol. The Balaban J connectivity index is 1.64. The number of aromatic nitrogens is 2. The Labute approximate surface area is 153 Å². The molecule has 2 atom stereocenters. The van der Waals surface area contributed by atoms with Gasteiger partial charge in [-0.2, -0.15) is 4.98 Å². The highest BCUT2D eigenvalue weighted by atomic mass is 16.5. The molecule has 1 aromatic heterocycles. The summed E-state index contributed by atoms with van der Waals surface area (Å²) < 4.78 is 5.17. The minimum atomic E-state index is -0.564. The van der Waals surface area contributed by atoms with E-state index in [1.807, 2.05) is 0 Å². The number of hydrogen-bond acceptors (Lipinski definition) is 8. The maximum absolute atomic E-state index is 11.7. The van der Waals surface area contributed by atoms with E-state index in [1.54, 1.807) is 7.11 Å². The molecular weight excluding hydrogens is 336 g/mol. The fourth-order valence-electron chi connectivity index (χ4n) is 3.60. The van der Waals surface area contributed by atoms with Crippen molar-refractivity contribution < 1.29 is 14.6 Å². The number of amides is 1. The molecular formula is C17H28N6O3. The second kappa shape index (κ2) is 8.61. The second-order valence-electron chi connectivity index (χ2n) is 7.08. The fourth-order valence-corrected chi connectivity index (χ4v) is 3.60. The molecule has 3 rings (SSSR count). The smallest absolute Gasteiger partial charge is 0.254 e. The first-order valence-electron chi connectivity index (χ1n) is 9.14. The molecule has 2 heterocycles. The van der Waals surface area contributed by atoms with Crippen molar-refractivity contribution in [3.63, 3.8) is 0 Å². The lowest BCUT2D eigenvalue weighted by Gasteiger charge is -2.31. The van der Waals surface area contributed by atoms with E-state index in [-0.39, 0.29) is 23.8 Å². The second-order valence-corrected chi connectivity index (χ2v) is 7.08. The zero-order valence-electron chi connectivity index (χ0n) is 15.1. The predicted molar refractivity (Wildman–Crippen MR) is 97.9 cm³/mol. The minimum absolute atomic E-state index is 0.0862. The summed E-state index contributed by atoms with van der Waals surface area (Å²) in [6.07, 6.45) is 5.34. The summed E-state index contributed by atoms with van der Waals surface area (Å²) in [6, 6.07) is 0.367. The van der Waals surface area contributed by atoms with Gasteiger partial charge in [0.2, 0.25) is 5.95 Å².